The van der Waals surface area contributed by atoms with Crippen molar-refractivity contribution in [1.29, 1.82) is 0 Å². The van der Waals surface area contributed by atoms with E-state index in [-0.39, 0.29) is 6.42 Å². The zero-order valence-electron chi connectivity index (χ0n) is 13.4. The standard InChI is InChI=1S/C16H19N3O4/c1-4-23-14-10-13(15(20)22-3)11(2)18-19(14)16(21)17-12-8-6-5-7-9-12/h5-9,14H,4,10H2,1-3H3/p+1/t14-/m1/s1. The lowest BCUT2D eigenvalue weighted by atomic mass is 10.1. The molecule has 0 saturated heterocycles. The maximum Gasteiger partial charge on any atom is 0.519 e. The molecule has 0 fully saturated rings. The number of rotatable bonds is 4. The maximum absolute atomic E-state index is 12.4. The van der Waals surface area contributed by atoms with Crippen molar-refractivity contribution < 1.29 is 23.8 Å². The molecule has 0 spiro atoms. The van der Waals surface area contributed by atoms with Crippen LogP contribution >= 0.6 is 0 Å². The van der Waals surface area contributed by atoms with Gasteiger partial charge in [0.2, 0.25) is 6.23 Å². The first-order valence-corrected chi connectivity index (χ1v) is 7.33. The summed E-state index contributed by atoms with van der Waals surface area (Å²) < 4.78 is 11.5. The molecule has 0 aliphatic carbocycles. The summed E-state index contributed by atoms with van der Waals surface area (Å²) in [6.07, 6.45) is -0.417. The SMILES string of the molecule is CCO[C@@H]1CC(C(=O)OC)=C(C)N=[N+]1C(=O)Nc1ccccc1. The number of urea groups is 1. The number of anilines is 1. The molecule has 7 heteroatoms. The summed E-state index contributed by atoms with van der Waals surface area (Å²) in [5.74, 6) is -0.459. The zero-order valence-corrected chi connectivity index (χ0v) is 13.4. The molecule has 0 unspecified atom stereocenters. The summed E-state index contributed by atoms with van der Waals surface area (Å²) in [4.78, 5) is 24.2. The van der Waals surface area contributed by atoms with Crippen LogP contribution in [-0.2, 0) is 14.3 Å². The van der Waals surface area contributed by atoms with Gasteiger partial charge in [0.15, 0.2) is 0 Å². The molecule has 1 aromatic rings. The van der Waals surface area contributed by atoms with Crippen molar-refractivity contribution in [3.8, 4) is 0 Å². The van der Waals surface area contributed by atoms with Gasteiger partial charge in [-0.1, -0.05) is 28.0 Å². The number of para-hydroxylation sites is 1. The number of ether oxygens (including phenoxy) is 2. The van der Waals surface area contributed by atoms with Gasteiger partial charge in [-0.15, -0.1) is 0 Å². The van der Waals surface area contributed by atoms with Crippen LogP contribution in [0.2, 0.25) is 0 Å². The van der Waals surface area contributed by atoms with Gasteiger partial charge in [-0.2, -0.15) is 4.79 Å². The number of hydrogen-bond donors (Lipinski definition) is 1. The Hall–Kier alpha value is -2.54. The van der Waals surface area contributed by atoms with Gasteiger partial charge in [-0.3, -0.25) is 0 Å². The minimum atomic E-state index is -0.651. The average molecular weight is 318 g/mol. The highest BCUT2D eigenvalue weighted by molar-refractivity contribution is 5.89. The highest BCUT2D eigenvalue weighted by Crippen LogP contribution is 2.23. The van der Waals surface area contributed by atoms with Crippen LogP contribution in [0.5, 0.6) is 0 Å². The molecule has 1 aliphatic heterocycles. The van der Waals surface area contributed by atoms with Crippen molar-refractivity contribution in [1.82, 2.24) is 0 Å². The number of nitrogens with zero attached hydrogens (tertiary/aromatic N) is 2. The van der Waals surface area contributed by atoms with E-state index >= 15 is 0 Å². The fraction of sp³-hybridized carbons (Fsp3) is 0.375. The number of azo groups is 2. The molecule has 2 rings (SSSR count). The maximum atomic E-state index is 12.4. The molecule has 0 radical (unpaired) electrons. The third kappa shape index (κ3) is 4.01. The first-order valence-electron chi connectivity index (χ1n) is 7.33. The zero-order chi connectivity index (χ0) is 16.8. The largest absolute Gasteiger partial charge is 0.519 e. The van der Waals surface area contributed by atoms with Crippen LogP contribution in [0.15, 0.2) is 46.7 Å². The van der Waals surface area contributed by atoms with Crippen molar-refractivity contribution in [2.24, 2.45) is 5.11 Å². The van der Waals surface area contributed by atoms with Crippen molar-refractivity contribution in [3.05, 3.63) is 41.6 Å². The molecule has 1 aliphatic rings. The van der Waals surface area contributed by atoms with Gasteiger partial charge in [-0.05, 0) is 26.0 Å². The number of hydrogen-bond acceptors (Lipinski definition) is 5. The van der Waals surface area contributed by atoms with Crippen LogP contribution in [0, 0.1) is 0 Å². The Morgan fingerprint density at radius 3 is 2.65 bits per heavy atom. The summed E-state index contributed by atoms with van der Waals surface area (Å²) in [5, 5.41) is 6.96. The number of allylic oxidation sites excluding steroid dienone is 1. The van der Waals surface area contributed by atoms with Crippen LogP contribution in [0.3, 0.4) is 0 Å². The van der Waals surface area contributed by atoms with Crippen molar-refractivity contribution in [2.45, 2.75) is 26.5 Å². The topological polar surface area (TPSA) is 80.0 Å². The van der Waals surface area contributed by atoms with E-state index in [9.17, 15) is 9.59 Å². The molecule has 1 heterocycles. The van der Waals surface area contributed by atoms with Gasteiger partial charge < -0.3 is 9.47 Å². The fourth-order valence-corrected chi connectivity index (χ4v) is 2.25. The molecule has 0 bridgehead atoms. The second-order valence-corrected chi connectivity index (χ2v) is 4.91. The third-order valence-corrected chi connectivity index (χ3v) is 3.37. The van der Waals surface area contributed by atoms with E-state index < -0.39 is 18.2 Å². The normalized spacial score (nSPS) is 17.5. The van der Waals surface area contributed by atoms with Crippen molar-refractivity contribution in [3.63, 3.8) is 0 Å². The van der Waals surface area contributed by atoms with Gasteiger partial charge >= 0.3 is 12.0 Å². The van der Waals surface area contributed by atoms with Gasteiger partial charge in [0, 0.05) is 6.61 Å². The third-order valence-electron chi connectivity index (χ3n) is 3.37. The molecule has 23 heavy (non-hydrogen) atoms. The van der Waals surface area contributed by atoms with E-state index in [2.05, 4.69) is 10.4 Å². The Balaban J connectivity index is 2.27. The highest BCUT2D eigenvalue weighted by atomic mass is 16.5. The van der Waals surface area contributed by atoms with Gasteiger partial charge in [0.05, 0.1) is 24.8 Å². The average Bonchev–Trinajstić information content (AvgIpc) is 2.56. The van der Waals surface area contributed by atoms with E-state index in [4.69, 9.17) is 9.47 Å². The first-order chi connectivity index (χ1) is 11.1. The highest BCUT2D eigenvalue weighted by Gasteiger charge is 2.36. The molecule has 2 amide bonds. The number of carbonyl (C=O) groups excluding carboxylic acids is 2. The lowest BCUT2D eigenvalue weighted by molar-refractivity contribution is -0.586. The summed E-state index contributed by atoms with van der Waals surface area (Å²) in [5.41, 5.74) is 1.51. The Kier molecular flexibility index (Phi) is 5.59. The number of esters is 1. The number of methoxy groups -OCH3 is 1. The predicted octanol–water partition coefficient (Wildman–Crippen LogP) is 2.90. The van der Waals surface area contributed by atoms with E-state index in [1.807, 2.05) is 25.1 Å². The van der Waals surface area contributed by atoms with E-state index in [0.717, 1.165) is 0 Å². The fourth-order valence-electron chi connectivity index (χ4n) is 2.25. The summed E-state index contributed by atoms with van der Waals surface area (Å²) in [6.45, 7) is 3.87. The van der Waals surface area contributed by atoms with Gasteiger partial charge in [0.25, 0.3) is 0 Å². The Bertz CT molecular complexity index is 653. The van der Waals surface area contributed by atoms with Gasteiger partial charge in [0.1, 0.15) is 5.69 Å². The van der Waals surface area contributed by atoms with E-state index in [1.165, 1.54) is 11.8 Å². The second kappa shape index (κ2) is 7.64. The van der Waals surface area contributed by atoms with Crippen molar-refractivity contribution in [2.75, 3.05) is 19.0 Å². The van der Waals surface area contributed by atoms with Crippen LogP contribution in [-0.4, -0.2) is 36.6 Å². The molecule has 7 nitrogen and oxygen atoms in total. The molecular weight excluding hydrogens is 298 g/mol. The molecule has 122 valence electrons. The van der Waals surface area contributed by atoms with Crippen LogP contribution in [0.4, 0.5) is 10.5 Å². The molecule has 1 aromatic carbocycles. The minimum absolute atomic E-state index is 0.234. The van der Waals surface area contributed by atoms with Crippen molar-refractivity contribution >= 4 is 17.7 Å². The number of carbonyl (C=O) groups is 2. The summed E-state index contributed by atoms with van der Waals surface area (Å²) in [7, 11) is 1.31. The lowest BCUT2D eigenvalue weighted by Gasteiger charge is -2.20. The molecule has 1 N–H and O–H groups in total. The molecular formula is C16H20N3O4+. The molecule has 0 aromatic heterocycles. The number of amides is 2. The van der Waals surface area contributed by atoms with Crippen LogP contribution < -0.4 is 5.32 Å². The molecule has 0 saturated carbocycles. The second-order valence-electron chi connectivity index (χ2n) is 4.91. The lowest BCUT2D eigenvalue weighted by Crippen LogP contribution is -2.39. The van der Waals surface area contributed by atoms with Gasteiger partial charge in [-0.25, -0.2) is 10.1 Å². The van der Waals surface area contributed by atoms with E-state index in [0.29, 0.717) is 23.6 Å². The van der Waals surface area contributed by atoms with Crippen LogP contribution in [0.1, 0.15) is 20.3 Å². The summed E-state index contributed by atoms with van der Waals surface area (Å²) >= 11 is 0. The molecule has 1 atom stereocenters. The Morgan fingerprint density at radius 2 is 2.04 bits per heavy atom. The monoisotopic (exact) mass is 318 g/mol. The van der Waals surface area contributed by atoms with E-state index in [1.54, 1.807) is 19.1 Å². The summed E-state index contributed by atoms with van der Waals surface area (Å²) in [6, 6.07) is 8.64. The first kappa shape index (κ1) is 16.8. The Morgan fingerprint density at radius 1 is 1.35 bits per heavy atom. The number of nitrogens with one attached hydrogen (secondary N) is 1. The van der Waals surface area contributed by atoms with Crippen LogP contribution in [0.25, 0.3) is 0 Å². The smallest absolute Gasteiger partial charge is 0.466 e. The number of benzene rings is 1. The predicted molar refractivity (Wildman–Crippen MR) is 82.9 cm³/mol. The Labute approximate surface area is 134 Å². The quantitative estimate of drug-likeness (QED) is 0.684. The minimum Gasteiger partial charge on any atom is -0.466 e.